The van der Waals surface area contributed by atoms with Gasteiger partial charge in [-0.3, -0.25) is 14.5 Å². The van der Waals surface area contributed by atoms with Gasteiger partial charge in [-0.1, -0.05) is 78.9 Å². The Kier molecular flexibility index (Phi) is 3.27. The maximum Gasteiger partial charge on any atom is 0.237 e. The van der Waals surface area contributed by atoms with Crippen molar-refractivity contribution >= 4 is 11.8 Å². The monoisotopic (exact) mass is 379 g/mol. The van der Waals surface area contributed by atoms with Crippen molar-refractivity contribution < 1.29 is 9.59 Å². The van der Waals surface area contributed by atoms with E-state index in [1.165, 1.54) is 27.2 Å². The van der Waals surface area contributed by atoms with Crippen LogP contribution in [0.3, 0.4) is 0 Å². The maximum atomic E-state index is 13.8. The van der Waals surface area contributed by atoms with Crippen molar-refractivity contribution in [3.63, 3.8) is 0 Å². The number of likely N-dealkylation sites (tertiary alicyclic amines) is 1. The molecule has 7 rings (SSSR count). The van der Waals surface area contributed by atoms with E-state index in [0.29, 0.717) is 6.54 Å². The van der Waals surface area contributed by atoms with E-state index in [-0.39, 0.29) is 29.6 Å². The number of hydrogen-bond acceptors (Lipinski definition) is 2. The molecule has 3 aromatic carbocycles. The van der Waals surface area contributed by atoms with Gasteiger partial charge < -0.3 is 0 Å². The minimum Gasteiger partial charge on any atom is -0.277 e. The molecule has 3 heteroatoms. The van der Waals surface area contributed by atoms with Crippen molar-refractivity contribution in [2.75, 3.05) is 0 Å². The molecule has 1 fully saturated rings. The van der Waals surface area contributed by atoms with Crippen LogP contribution in [-0.2, 0) is 16.1 Å². The summed E-state index contributed by atoms with van der Waals surface area (Å²) in [6.07, 6.45) is 0. The molecule has 0 aromatic heterocycles. The average molecular weight is 379 g/mol. The highest BCUT2D eigenvalue weighted by atomic mass is 16.2. The van der Waals surface area contributed by atoms with Crippen LogP contribution in [0.2, 0.25) is 0 Å². The summed E-state index contributed by atoms with van der Waals surface area (Å²) in [6.45, 7) is 2.36. The number of benzene rings is 3. The highest BCUT2D eigenvalue weighted by Crippen LogP contribution is 2.66. The van der Waals surface area contributed by atoms with Crippen molar-refractivity contribution in [2.24, 2.45) is 11.3 Å². The number of amides is 2. The van der Waals surface area contributed by atoms with Crippen LogP contribution in [0.25, 0.3) is 0 Å². The largest absolute Gasteiger partial charge is 0.277 e. The Labute approximate surface area is 170 Å². The molecule has 0 unspecified atom stereocenters. The predicted molar refractivity (Wildman–Crippen MR) is 110 cm³/mol. The Balaban J connectivity index is 1.55. The van der Waals surface area contributed by atoms with Crippen LogP contribution in [-0.4, -0.2) is 16.7 Å². The van der Waals surface area contributed by atoms with Crippen LogP contribution >= 0.6 is 0 Å². The Morgan fingerprint density at radius 3 is 1.86 bits per heavy atom. The van der Waals surface area contributed by atoms with E-state index in [1.54, 1.807) is 0 Å². The van der Waals surface area contributed by atoms with E-state index < -0.39 is 5.41 Å². The first-order valence-electron chi connectivity index (χ1n) is 10.2. The second-order valence-electron chi connectivity index (χ2n) is 8.64. The van der Waals surface area contributed by atoms with E-state index >= 15 is 0 Å². The van der Waals surface area contributed by atoms with Gasteiger partial charge in [-0.25, -0.2) is 0 Å². The first kappa shape index (κ1) is 16.7. The third kappa shape index (κ3) is 1.97. The summed E-state index contributed by atoms with van der Waals surface area (Å²) in [4.78, 5) is 29.0. The summed E-state index contributed by atoms with van der Waals surface area (Å²) in [7, 11) is 0. The fourth-order valence-electron chi connectivity index (χ4n) is 6.11. The number of rotatable bonds is 2. The molecule has 3 aliphatic carbocycles. The molecule has 0 saturated carbocycles. The molecule has 2 bridgehead atoms. The molecule has 4 aliphatic rings. The van der Waals surface area contributed by atoms with Crippen LogP contribution in [0.4, 0.5) is 0 Å². The van der Waals surface area contributed by atoms with Crippen molar-refractivity contribution in [2.45, 2.75) is 25.3 Å². The van der Waals surface area contributed by atoms with Gasteiger partial charge in [-0.05, 0) is 34.7 Å². The van der Waals surface area contributed by atoms with Crippen LogP contribution in [0.1, 0.15) is 46.6 Å². The zero-order valence-corrected chi connectivity index (χ0v) is 16.2. The molecule has 0 N–H and O–H groups in total. The summed E-state index contributed by atoms with van der Waals surface area (Å²) in [5.74, 6) is -0.541. The van der Waals surface area contributed by atoms with Gasteiger partial charge in [0, 0.05) is 11.8 Å². The van der Waals surface area contributed by atoms with Gasteiger partial charge in [0.25, 0.3) is 0 Å². The molecule has 2 amide bonds. The summed E-state index contributed by atoms with van der Waals surface area (Å²) in [6, 6.07) is 26.5. The third-order valence-corrected chi connectivity index (χ3v) is 7.28. The smallest absolute Gasteiger partial charge is 0.237 e. The third-order valence-electron chi connectivity index (χ3n) is 7.28. The topological polar surface area (TPSA) is 37.4 Å². The fraction of sp³-hybridized carbons (Fsp3) is 0.231. The highest BCUT2D eigenvalue weighted by molar-refractivity contribution is 6.09. The molecule has 29 heavy (non-hydrogen) atoms. The molecule has 1 aliphatic heterocycles. The molecule has 2 atom stereocenters. The van der Waals surface area contributed by atoms with Gasteiger partial charge in [-0.2, -0.15) is 0 Å². The van der Waals surface area contributed by atoms with E-state index in [2.05, 4.69) is 24.3 Å². The van der Waals surface area contributed by atoms with Gasteiger partial charge in [0.1, 0.15) is 0 Å². The predicted octanol–water partition coefficient (Wildman–Crippen LogP) is 4.47. The van der Waals surface area contributed by atoms with Crippen molar-refractivity contribution in [3.8, 4) is 0 Å². The van der Waals surface area contributed by atoms with E-state index in [9.17, 15) is 9.59 Å². The minimum absolute atomic E-state index is 0.0274. The number of carbonyl (C=O) groups excluding carboxylic acids is 2. The van der Waals surface area contributed by atoms with Gasteiger partial charge >= 0.3 is 0 Å². The first-order valence-corrected chi connectivity index (χ1v) is 10.2. The molecule has 3 nitrogen and oxygen atoms in total. The second-order valence-corrected chi connectivity index (χ2v) is 8.64. The van der Waals surface area contributed by atoms with E-state index in [4.69, 9.17) is 0 Å². The van der Waals surface area contributed by atoms with Crippen LogP contribution < -0.4 is 0 Å². The lowest BCUT2D eigenvalue weighted by Crippen LogP contribution is -2.49. The quantitative estimate of drug-likeness (QED) is 0.616. The molecular formula is C26H21NO2. The Morgan fingerprint density at radius 1 is 0.759 bits per heavy atom. The number of nitrogens with zero attached hydrogens (tertiary/aromatic N) is 1. The van der Waals surface area contributed by atoms with Crippen molar-refractivity contribution in [1.29, 1.82) is 0 Å². The van der Waals surface area contributed by atoms with Crippen molar-refractivity contribution in [1.82, 2.24) is 4.90 Å². The maximum absolute atomic E-state index is 13.8. The SMILES string of the molecule is C[C@]12C(=O)N(Cc3ccccc3)C(=O)[C@H]1C1c3ccccc3C2c2ccccc21. The normalized spacial score (nSPS) is 28.9. The summed E-state index contributed by atoms with van der Waals surface area (Å²) in [5, 5.41) is 0. The molecule has 0 radical (unpaired) electrons. The molecule has 1 heterocycles. The van der Waals surface area contributed by atoms with Crippen LogP contribution in [0.15, 0.2) is 78.9 Å². The number of imide groups is 1. The molecule has 0 spiro atoms. The summed E-state index contributed by atoms with van der Waals surface area (Å²) >= 11 is 0. The summed E-state index contributed by atoms with van der Waals surface area (Å²) in [5.41, 5.74) is 5.08. The van der Waals surface area contributed by atoms with Gasteiger partial charge in [0.05, 0.1) is 17.9 Å². The number of carbonyl (C=O) groups is 2. The lowest BCUT2D eigenvalue weighted by molar-refractivity contribution is -0.142. The Hall–Kier alpha value is -3.20. The van der Waals surface area contributed by atoms with Crippen LogP contribution in [0.5, 0.6) is 0 Å². The van der Waals surface area contributed by atoms with Gasteiger partial charge in [0.2, 0.25) is 11.8 Å². The molecule has 142 valence electrons. The standard InChI is InChI=1S/C26H21NO2/c1-26-22-19-13-7-5-11-17(19)21(18-12-6-8-14-20(18)22)23(26)24(28)27(25(26)29)15-16-9-3-2-4-10-16/h2-14,21-23H,15H2,1H3/t21?,22?,23-,26-/m1/s1. The van der Waals surface area contributed by atoms with E-state index in [0.717, 1.165) is 5.56 Å². The second kappa shape index (κ2) is 5.66. The highest BCUT2D eigenvalue weighted by Gasteiger charge is 2.68. The first-order chi connectivity index (χ1) is 14.1. The van der Waals surface area contributed by atoms with Crippen molar-refractivity contribution in [3.05, 3.63) is 107 Å². The molecule has 3 aromatic rings. The van der Waals surface area contributed by atoms with Gasteiger partial charge in [-0.15, -0.1) is 0 Å². The molecular weight excluding hydrogens is 358 g/mol. The zero-order valence-electron chi connectivity index (χ0n) is 16.2. The fourth-order valence-corrected chi connectivity index (χ4v) is 6.11. The molecule has 1 saturated heterocycles. The number of hydrogen-bond donors (Lipinski definition) is 0. The van der Waals surface area contributed by atoms with E-state index in [1.807, 2.05) is 61.5 Å². The minimum atomic E-state index is -0.737. The van der Waals surface area contributed by atoms with Gasteiger partial charge in [0.15, 0.2) is 0 Å². The lowest BCUT2D eigenvalue weighted by Gasteiger charge is -2.51. The Bertz CT molecular complexity index is 1120. The lowest BCUT2D eigenvalue weighted by atomic mass is 9.48. The average Bonchev–Trinajstić information content (AvgIpc) is 2.95. The van der Waals surface area contributed by atoms with Crippen LogP contribution in [0, 0.1) is 11.3 Å². The Morgan fingerprint density at radius 2 is 1.28 bits per heavy atom. The summed E-state index contributed by atoms with van der Waals surface area (Å²) < 4.78 is 0. The zero-order chi connectivity index (χ0) is 19.8.